The van der Waals surface area contributed by atoms with Crippen LogP contribution < -0.4 is 18.9 Å². The van der Waals surface area contributed by atoms with Gasteiger partial charge in [-0.15, -0.1) is 0 Å². The monoisotopic (exact) mass is 403 g/mol. The summed E-state index contributed by atoms with van der Waals surface area (Å²) >= 11 is 0. The van der Waals surface area contributed by atoms with Crippen LogP contribution in [0.4, 0.5) is 0 Å². The van der Waals surface area contributed by atoms with Crippen LogP contribution in [0.2, 0.25) is 0 Å². The van der Waals surface area contributed by atoms with Crippen LogP contribution in [0.15, 0.2) is 71.1 Å². The van der Waals surface area contributed by atoms with Gasteiger partial charge in [0.05, 0.1) is 51.0 Å². The van der Waals surface area contributed by atoms with Crippen molar-refractivity contribution in [2.75, 3.05) is 28.4 Å². The standard InChI is InChI=1S/C25H23O5/c1-26-19-9-5-16(6-10-19)22-13-18-14-23(28-3)24(29-4)15-21(18)25(30-22)17-7-11-20(27-2)12-8-17/h5-15H,1-4H3/q+1. The molecule has 30 heavy (non-hydrogen) atoms. The van der Waals surface area contributed by atoms with E-state index in [1.54, 1.807) is 28.4 Å². The summed E-state index contributed by atoms with van der Waals surface area (Å²) in [5.41, 5.74) is 1.88. The highest BCUT2D eigenvalue weighted by molar-refractivity contribution is 5.97. The fraction of sp³-hybridized carbons (Fsp3) is 0.160. The van der Waals surface area contributed by atoms with Gasteiger partial charge in [0.1, 0.15) is 11.5 Å². The third kappa shape index (κ3) is 3.62. The van der Waals surface area contributed by atoms with E-state index in [0.717, 1.165) is 44.9 Å². The zero-order valence-corrected chi connectivity index (χ0v) is 17.4. The predicted molar refractivity (Wildman–Crippen MR) is 118 cm³/mol. The molecule has 0 saturated carbocycles. The second-order valence-electron chi connectivity index (χ2n) is 6.69. The Morgan fingerprint density at radius 3 is 1.63 bits per heavy atom. The first-order valence-corrected chi connectivity index (χ1v) is 9.48. The number of rotatable bonds is 6. The van der Waals surface area contributed by atoms with Crippen LogP contribution in [0.25, 0.3) is 33.4 Å². The summed E-state index contributed by atoms with van der Waals surface area (Å²) in [5, 5.41) is 1.91. The maximum absolute atomic E-state index is 6.40. The van der Waals surface area contributed by atoms with Crippen molar-refractivity contribution in [1.82, 2.24) is 0 Å². The van der Waals surface area contributed by atoms with E-state index in [0.29, 0.717) is 11.5 Å². The molecule has 0 bridgehead atoms. The second kappa shape index (κ2) is 8.33. The lowest BCUT2D eigenvalue weighted by Gasteiger charge is -2.09. The number of benzene rings is 3. The van der Waals surface area contributed by atoms with Gasteiger partial charge in [0, 0.05) is 11.5 Å². The fourth-order valence-corrected chi connectivity index (χ4v) is 3.40. The minimum Gasteiger partial charge on any atom is -0.497 e. The minimum atomic E-state index is 0.646. The van der Waals surface area contributed by atoms with E-state index < -0.39 is 0 Å². The summed E-state index contributed by atoms with van der Waals surface area (Å²) in [5.74, 6) is 4.37. The highest BCUT2D eigenvalue weighted by Crippen LogP contribution is 2.40. The summed E-state index contributed by atoms with van der Waals surface area (Å²) in [6.07, 6.45) is 0. The SMILES string of the molecule is COc1ccc(-c2cc3cc(OC)c(OC)cc3c(-c3ccc(OC)cc3)[o+]2)cc1. The van der Waals surface area contributed by atoms with Crippen LogP contribution in [-0.4, -0.2) is 28.4 Å². The van der Waals surface area contributed by atoms with Crippen LogP contribution in [-0.2, 0) is 0 Å². The molecule has 0 atom stereocenters. The van der Waals surface area contributed by atoms with E-state index in [-0.39, 0.29) is 0 Å². The molecular weight excluding hydrogens is 380 g/mol. The van der Waals surface area contributed by atoms with Crippen molar-refractivity contribution in [1.29, 1.82) is 0 Å². The highest BCUT2D eigenvalue weighted by Gasteiger charge is 2.24. The van der Waals surface area contributed by atoms with Crippen LogP contribution in [0.1, 0.15) is 0 Å². The summed E-state index contributed by atoms with van der Waals surface area (Å²) in [6.45, 7) is 0. The van der Waals surface area contributed by atoms with E-state index in [1.165, 1.54) is 0 Å². The molecule has 0 N–H and O–H groups in total. The molecular formula is C25H23O5+. The number of fused-ring (bicyclic) bond motifs is 1. The molecule has 5 nitrogen and oxygen atoms in total. The van der Waals surface area contributed by atoms with E-state index in [4.69, 9.17) is 23.4 Å². The zero-order chi connectivity index (χ0) is 21.1. The van der Waals surface area contributed by atoms with Crippen molar-refractivity contribution in [3.05, 3.63) is 66.7 Å². The molecule has 0 fully saturated rings. The molecule has 0 amide bonds. The molecule has 0 radical (unpaired) electrons. The van der Waals surface area contributed by atoms with Gasteiger partial charge in [0.25, 0.3) is 0 Å². The molecule has 0 spiro atoms. The van der Waals surface area contributed by atoms with Crippen molar-refractivity contribution in [2.45, 2.75) is 0 Å². The Morgan fingerprint density at radius 2 is 1.10 bits per heavy atom. The van der Waals surface area contributed by atoms with Crippen molar-refractivity contribution in [3.8, 4) is 45.6 Å². The molecule has 3 aromatic carbocycles. The van der Waals surface area contributed by atoms with Crippen molar-refractivity contribution >= 4 is 10.8 Å². The third-order valence-corrected chi connectivity index (χ3v) is 5.03. The third-order valence-electron chi connectivity index (χ3n) is 5.03. The average molecular weight is 403 g/mol. The van der Waals surface area contributed by atoms with Crippen LogP contribution in [0.3, 0.4) is 0 Å². The van der Waals surface area contributed by atoms with Gasteiger partial charge in [-0.05, 0) is 54.6 Å². The molecule has 4 aromatic rings. The van der Waals surface area contributed by atoms with Crippen LogP contribution >= 0.6 is 0 Å². The summed E-state index contributed by atoms with van der Waals surface area (Å²) in [7, 11) is 6.55. The van der Waals surface area contributed by atoms with Gasteiger partial charge < -0.3 is 18.9 Å². The summed E-state index contributed by atoms with van der Waals surface area (Å²) in [4.78, 5) is 0. The molecule has 0 unspecified atom stereocenters. The number of hydrogen-bond donors (Lipinski definition) is 0. The van der Waals surface area contributed by atoms with Gasteiger partial charge >= 0.3 is 11.5 Å². The average Bonchev–Trinajstić information content (AvgIpc) is 2.82. The molecule has 5 heteroatoms. The largest absolute Gasteiger partial charge is 0.497 e. The van der Waals surface area contributed by atoms with E-state index in [9.17, 15) is 0 Å². The fourth-order valence-electron chi connectivity index (χ4n) is 3.40. The smallest absolute Gasteiger partial charge is 0.368 e. The normalized spacial score (nSPS) is 10.7. The van der Waals surface area contributed by atoms with Gasteiger partial charge in [-0.1, -0.05) is 0 Å². The van der Waals surface area contributed by atoms with Crippen LogP contribution in [0, 0.1) is 0 Å². The molecule has 152 valence electrons. The summed E-state index contributed by atoms with van der Waals surface area (Å²) in [6, 6.07) is 21.5. The maximum Gasteiger partial charge on any atom is 0.368 e. The topological polar surface area (TPSA) is 48.2 Å². The van der Waals surface area contributed by atoms with Crippen molar-refractivity contribution < 1.29 is 23.4 Å². The Morgan fingerprint density at radius 1 is 0.567 bits per heavy atom. The quantitative estimate of drug-likeness (QED) is 0.365. The van der Waals surface area contributed by atoms with Gasteiger partial charge in [-0.25, -0.2) is 4.42 Å². The minimum absolute atomic E-state index is 0.646. The van der Waals surface area contributed by atoms with E-state index in [1.807, 2.05) is 66.7 Å². The number of methoxy groups -OCH3 is 4. The Labute approximate surface area is 175 Å². The van der Waals surface area contributed by atoms with Gasteiger partial charge in [0.2, 0.25) is 0 Å². The molecule has 1 heterocycles. The van der Waals surface area contributed by atoms with Crippen molar-refractivity contribution in [2.24, 2.45) is 0 Å². The first kappa shape index (κ1) is 19.6. The Kier molecular flexibility index (Phi) is 5.44. The highest BCUT2D eigenvalue weighted by atomic mass is 16.5. The molecule has 4 rings (SSSR count). The first-order valence-electron chi connectivity index (χ1n) is 9.48. The number of hydrogen-bond acceptors (Lipinski definition) is 4. The van der Waals surface area contributed by atoms with E-state index >= 15 is 0 Å². The van der Waals surface area contributed by atoms with Gasteiger partial charge in [0.15, 0.2) is 11.5 Å². The molecule has 0 saturated heterocycles. The van der Waals surface area contributed by atoms with Gasteiger partial charge in [-0.3, -0.25) is 0 Å². The zero-order valence-electron chi connectivity index (χ0n) is 17.4. The lowest BCUT2D eigenvalue weighted by molar-refractivity contribution is 0.356. The molecule has 0 aliphatic rings. The Bertz CT molecular complexity index is 1170. The Balaban J connectivity index is 1.96. The van der Waals surface area contributed by atoms with Crippen molar-refractivity contribution in [3.63, 3.8) is 0 Å². The Hall–Kier alpha value is -3.73. The van der Waals surface area contributed by atoms with Gasteiger partial charge in [-0.2, -0.15) is 0 Å². The van der Waals surface area contributed by atoms with Crippen LogP contribution in [0.5, 0.6) is 23.0 Å². The summed E-state index contributed by atoms with van der Waals surface area (Å²) < 4.78 is 28.0. The molecule has 1 aromatic heterocycles. The second-order valence-corrected chi connectivity index (χ2v) is 6.69. The van der Waals surface area contributed by atoms with E-state index in [2.05, 4.69) is 0 Å². The first-order chi connectivity index (χ1) is 14.7. The lowest BCUT2D eigenvalue weighted by atomic mass is 10.0. The lowest BCUT2D eigenvalue weighted by Crippen LogP contribution is -1.93. The molecule has 0 aliphatic carbocycles. The predicted octanol–water partition coefficient (Wildman–Crippen LogP) is 6.08. The maximum atomic E-state index is 6.40. The number of ether oxygens (including phenoxy) is 4. The molecule has 0 aliphatic heterocycles.